The topological polar surface area (TPSA) is 41.6 Å². The van der Waals surface area contributed by atoms with Crippen molar-refractivity contribution in [2.45, 2.75) is 19.1 Å². The van der Waals surface area contributed by atoms with Crippen LogP contribution in [0, 0.1) is 0 Å². The third-order valence-corrected chi connectivity index (χ3v) is 3.25. The van der Waals surface area contributed by atoms with Gasteiger partial charge in [0.1, 0.15) is 18.9 Å². The molecule has 0 aliphatic carbocycles. The molecule has 124 valence electrons. The van der Waals surface area contributed by atoms with Crippen molar-refractivity contribution in [1.82, 2.24) is 10.2 Å². The summed E-state index contributed by atoms with van der Waals surface area (Å²) >= 11 is 5.81. The first-order chi connectivity index (χ1) is 10.2. The molecule has 0 bridgehead atoms. The highest BCUT2D eigenvalue weighted by atomic mass is 35.5. The van der Waals surface area contributed by atoms with Gasteiger partial charge in [0, 0.05) is 11.6 Å². The third-order valence-electron chi connectivity index (χ3n) is 3.01. The normalized spacial score (nSPS) is 13.0. The molecule has 1 aromatic rings. The number of amides is 1. The molecule has 8 heteroatoms. The molecule has 1 aromatic carbocycles. The maximum Gasteiger partial charge on any atom is 0.405 e. The molecule has 1 amide bonds. The van der Waals surface area contributed by atoms with E-state index in [1.54, 1.807) is 36.2 Å². The standard InChI is InChI=1S/C14H18ClF3N2O2/c1-10(13(21)19-9-14(16,17)18)20(2)6-7-22-12-5-3-4-11(15)8-12/h3-5,8,10H,6-7,9H2,1-2H3,(H,19,21). The van der Waals surface area contributed by atoms with Crippen LogP contribution in [0.4, 0.5) is 13.2 Å². The number of likely N-dealkylation sites (N-methyl/N-ethyl adjacent to an activating group) is 1. The molecular formula is C14H18ClF3N2O2. The van der Waals surface area contributed by atoms with Crippen molar-refractivity contribution >= 4 is 17.5 Å². The number of carbonyl (C=O) groups is 1. The minimum absolute atomic E-state index is 0.285. The van der Waals surface area contributed by atoms with Crippen LogP contribution in [0.2, 0.25) is 5.02 Å². The monoisotopic (exact) mass is 338 g/mol. The van der Waals surface area contributed by atoms with Crippen LogP contribution in [0.25, 0.3) is 0 Å². The summed E-state index contributed by atoms with van der Waals surface area (Å²) in [5, 5.41) is 2.40. The van der Waals surface area contributed by atoms with Gasteiger partial charge in [0.2, 0.25) is 5.91 Å². The van der Waals surface area contributed by atoms with Gasteiger partial charge >= 0.3 is 6.18 Å². The molecule has 0 fully saturated rings. The lowest BCUT2D eigenvalue weighted by Gasteiger charge is -2.24. The Morgan fingerprint density at radius 1 is 1.45 bits per heavy atom. The van der Waals surface area contributed by atoms with E-state index in [1.165, 1.54) is 6.92 Å². The first kappa shape index (κ1) is 18.6. The molecule has 0 saturated heterocycles. The van der Waals surface area contributed by atoms with Crippen LogP contribution in [0.3, 0.4) is 0 Å². The molecule has 1 atom stereocenters. The summed E-state index contributed by atoms with van der Waals surface area (Å²) in [7, 11) is 1.64. The highest BCUT2D eigenvalue weighted by Crippen LogP contribution is 2.17. The summed E-state index contributed by atoms with van der Waals surface area (Å²) in [5.41, 5.74) is 0. The van der Waals surface area contributed by atoms with Crippen molar-refractivity contribution in [2.75, 3.05) is 26.7 Å². The first-order valence-corrected chi connectivity index (χ1v) is 7.00. The van der Waals surface area contributed by atoms with Gasteiger partial charge in [-0.2, -0.15) is 13.2 Å². The predicted molar refractivity (Wildman–Crippen MR) is 78.1 cm³/mol. The molecule has 0 aliphatic rings. The summed E-state index contributed by atoms with van der Waals surface area (Å²) in [5.74, 6) is -0.0855. The predicted octanol–water partition coefficient (Wildman–Crippen LogP) is 2.72. The third kappa shape index (κ3) is 7.00. The number of rotatable bonds is 7. The molecule has 4 nitrogen and oxygen atoms in total. The lowest BCUT2D eigenvalue weighted by atomic mass is 10.2. The van der Waals surface area contributed by atoms with Gasteiger partial charge in [-0.05, 0) is 32.2 Å². The zero-order valence-corrected chi connectivity index (χ0v) is 13.0. The Morgan fingerprint density at radius 3 is 2.73 bits per heavy atom. The molecule has 0 spiro atoms. The minimum atomic E-state index is -4.41. The van der Waals surface area contributed by atoms with Gasteiger partial charge in [-0.3, -0.25) is 9.69 Å². The van der Waals surface area contributed by atoms with E-state index in [4.69, 9.17) is 16.3 Å². The van der Waals surface area contributed by atoms with Crippen LogP contribution < -0.4 is 10.1 Å². The molecule has 0 heterocycles. The lowest BCUT2D eigenvalue weighted by Crippen LogP contribution is -2.46. The maximum absolute atomic E-state index is 12.0. The number of halogens is 4. The first-order valence-electron chi connectivity index (χ1n) is 6.62. The van der Waals surface area contributed by atoms with Crippen LogP contribution in [0.5, 0.6) is 5.75 Å². The molecule has 0 aliphatic heterocycles. The quantitative estimate of drug-likeness (QED) is 0.831. The molecule has 0 radical (unpaired) electrons. The van der Waals surface area contributed by atoms with E-state index in [1.807, 2.05) is 5.32 Å². The van der Waals surface area contributed by atoms with Gasteiger partial charge in [0.05, 0.1) is 6.04 Å². The van der Waals surface area contributed by atoms with Crippen molar-refractivity contribution in [2.24, 2.45) is 0 Å². The fraction of sp³-hybridized carbons (Fsp3) is 0.500. The molecule has 1 N–H and O–H groups in total. The number of nitrogens with one attached hydrogen (secondary N) is 1. The van der Waals surface area contributed by atoms with Crippen LogP contribution in [-0.2, 0) is 4.79 Å². The fourth-order valence-electron chi connectivity index (χ4n) is 1.59. The van der Waals surface area contributed by atoms with Crippen LogP contribution in [0.15, 0.2) is 24.3 Å². The Morgan fingerprint density at radius 2 is 2.14 bits per heavy atom. The zero-order valence-electron chi connectivity index (χ0n) is 12.3. The van der Waals surface area contributed by atoms with Crippen LogP contribution in [0.1, 0.15) is 6.92 Å². The Hall–Kier alpha value is -1.47. The molecule has 0 aromatic heterocycles. The number of alkyl halides is 3. The van der Waals surface area contributed by atoms with Crippen molar-refractivity contribution in [3.05, 3.63) is 29.3 Å². The highest BCUT2D eigenvalue weighted by Gasteiger charge is 2.29. The van der Waals surface area contributed by atoms with Crippen molar-refractivity contribution < 1.29 is 22.7 Å². The van der Waals surface area contributed by atoms with Gasteiger partial charge < -0.3 is 10.1 Å². The van der Waals surface area contributed by atoms with Gasteiger partial charge in [0.15, 0.2) is 0 Å². The fourth-order valence-corrected chi connectivity index (χ4v) is 1.77. The Labute approximate surface area is 132 Å². The molecule has 1 unspecified atom stereocenters. The summed E-state index contributed by atoms with van der Waals surface area (Å²) < 4.78 is 41.6. The molecular weight excluding hydrogens is 321 g/mol. The molecule has 0 saturated carbocycles. The number of hydrogen-bond donors (Lipinski definition) is 1. The lowest BCUT2D eigenvalue weighted by molar-refractivity contribution is -0.141. The van der Waals surface area contributed by atoms with Gasteiger partial charge in [0.25, 0.3) is 0 Å². The zero-order chi connectivity index (χ0) is 16.8. The second kappa shape index (κ2) is 8.24. The van der Waals surface area contributed by atoms with E-state index >= 15 is 0 Å². The van der Waals surface area contributed by atoms with Gasteiger partial charge in [-0.15, -0.1) is 0 Å². The number of benzene rings is 1. The van der Waals surface area contributed by atoms with E-state index in [0.29, 0.717) is 17.3 Å². The van der Waals surface area contributed by atoms with Gasteiger partial charge in [-0.1, -0.05) is 17.7 Å². The van der Waals surface area contributed by atoms with Crippen molar-refractivity contribution in [3.63, 3.8) is 0 Å². The summed E-state index contributed by atoms with van der Waals surface area (Å²) in [6, 6.07) is 6.17. The van der Waals surface area contributed by atoms with E-state index < -0.39 is 24.7 Å². The Bertz CT molecular complexity index is 497. The average Bonchev–Trinajstić information content (AvgIpc) is 2.43. The van der Waals surface area contributed by atoms with Crippen molar-refractivity contribution in [3.8, 4) is 5.75 Å². The number of ether oxygens (including phenoxy) is 1. The van der Waals surface area contributed by atoms with E-state index in [0.717, 1.165) is 0 Å². The highest BCUT2D eigenvalue weighted by molar-refractivity contribution is 6.30. The number of hydrogen-bond acceptors (Lipinski definition) is 3. The van der Waals surface area contributed by atoms with E-state index in [-0.39, 0.29) is 6.61 Å². The molecule has 22 heavy (non-hydrogen) atoms. The number of nitrogens with zero attached hydrogens (tertiary/aromatic N) is 1. The smallest absolute Gasteiger partial charge is 0.405 e. The maximum atomic E-state index is 12.0. The van der Waals surface area contributed by atoms with Gasteiger partial charge in [-0.25, -0.2) is 0 Å². The second-order valence-electron chi connectivity index (χ2n) is 4.80. The van der Waals surface area contributed by atoms with Crippen molar-refractivity contribution in [1.29, 1.82) is 0 Å². The Kier molecular flexibility index (Phi) is 6.96. The summed E-state index contributed by atoms with van der Waals surface area (Å²) in [6.45, 7) is 0.870. The summed E-state index contributed by atoms with van der Waals surface area (Å²) in [4.78, 5) is 13.2. The average molecular weight is 339 g/mol. The SMILES string of the molecule is CC(C(=O)NCC(F)(F)F)N(C)CCOc1cccc(Cl)c1. The Balaban J connectivity index is 2.34. The largest absolute Gasteiger partial charge is 0.492 e. The summed E-state index contributed by atoms with van der Waals surface area (Å²) in [6.07, 6.45) is -4.41. The minimum Gasteiger partial charge on any atom is -0.492 e. The van der Waals surface area contributed by atoms with Crippen LogP contribution in [-0.4, -0.2) is 49.8 Å². The van der Waals surface area contributed by atoms with E-state index in [9.17, 15) is 18.0 Å². The molecule has 1 rings (SSSR count). The van der Waals surface area contributed by atoms with Crippen LogP contribution >= 0.6 is 11.6 Å². The number of carbonyl (C=O) groups excluding carboxylic acids is 1. The second-order valence-corrected chi connectivity index (χ2v) is 5.23. The van der Waals surface area contributed by atoms with E-state index in [2.05, 4.69) is 0 Å².